The summed E-state index contributed by atoms with van der Waals surface area (Å²) in [4.78, 5) is 11.7. The van der Waals surface area contributed by atoms with Crippen LogP contribution in [0.4, 0.5) is 0 Å². The van der Waals surface area contributed by atoms with Gasteiger partial charge in [0.25, 0.3) is 0 Å². The molecule has 5 aliphatic rings. The van der Waals surface area contributed by atoms with Gasteiger partial charge in [-0.1, -0.05) is 13.8 Å². The molecule has 0 radical (unpaired) electrons. The van der Waals surface area contributed by atoms with Gasteiger partial charge in [-0.25, -0.2) is 4.79 Å². The third-order valence-electron chi connectivity index (χ3n) is 10.5. The molecule has 4 fully saturated rings. The van der Waals surface area contributed by atoms with Crippen LogP contribution in [0, 0.1) is 34.5 Å². The molecule has 29 heavy (non-hydrogen) atoms. The van der Waals surface area contributed by atoms with Crippen molar-refractivity contribution < 1.29 is 19.7 Å². The van der Waals surface area contributed by atoms with Gasteiger partial charge in [0, 0.05) is 17.5 Å². The van der Waals surface area contributed by atoms with E-state index in [1.807, 2.05) is 0 Å². The Bertz CT molecular complexity index is 736. The number of aliphatic hydroxyl groups is 2. The first-order chi connectivity index (χ1) is 13.7. The minimum Gasteiger partial charge on any atom is -0.458 e. The van der Waals surface area contributed by atoms with Gasteiger partial charge in [0.05, 0.1) is 11.7 Å². The van der Waals surface area contributed by atoms with Crippen LogP contribution in [0.25, 0.3) is 0 Å². The van der Waals surface area contributed by atoms with Crippen molar-refractivity contribution in [1.82, 2.24) is 5.32 Å². The zero-order valence-electron chi connectivity index (χ0n) is 18.1. The number of carbonyl (C=O) groups excluding carboxylic acids is 1. The molecule has 9 unspecified atom stereocenters. The lowest BCUT2D eigenvalue weighted by Gasteiger charge is -2.65. The molecule has 1 aliphatic heterocycles. The molecule has 4 saturated carbocycles. The zero-order chi connectivity index (χ0) is 20.6. The molecule has 4 aliphatic carbocycles. The maximum atomic E-state index is 12.2. The molecule has 5 heteroatoms. The highest BCUT2D eigenvalue weighted by atomic mass is 16.5. The highest BCUT2D eigenvalue weighted by molar-refractivity contribution is 5.85. The van der Waals surface area contributed by atoms with Gasteiger partial charge in [0.15, 0.2) is 0 Å². The van der Waals surface area contributed by atoms with Crippen molar-refractivity contribution in [2.24, 2.45) is 34.5 Å². The third-order valence-corrected chi connectivity index (χ3v) is 10.5. The first-order valence-electron chi connectivity index (χ1n) is 11.7. The van der Waals surface area contributed by atoms with Gasteiger partial charge < -0.3 is 20.3 Å². The lowest BCUT2D eigenvalue weighted by Crippen LogP contribution is -2.67. The summed E-state index contributed by atoms with van der Waals surface area (Å²) in [5.74, 6) is 1.04. The lowest BCUT2D eigenvalue weighted by molar-refractivity contribution is -0.243. The summed E-state index contributed by atoms with van der Waals surface area (Å²) >= 11 is 0. The predicted octanol–water partition coefficient (Wildman–Crippen LogP) is 2.80. The Morgan fingerprint density at radius 1 is 1.10 bits per heavy atom. The van der Waals surface area contributed by atoms with E-state index in [4.69, 9.17) is 4.74 Å². The number of carbonyl (C=O) groups is 1. The van der Waals surface area contributed by atoms with E-state index >= 15 is 0 Å². The first-order valence-corrected chi connectivity index (χ1v) is 11.7. The largest absolute Gasteiger partial charge is 0.458 e. The Balaban J connectivity index is 1.49. The van der Waals surface area contributed by atoms with Crippen LogP contribution in [-0.2, 0) is 9.53 Å². The Kier molecular flexibility index (Phi) is 4.52. The van der Waals surface area contributed by atoms with Gasteiger partial charge in [-0.2, -0.15) is 0 Å². The average molecular weight is 404 g/mol. The highest BCUT2D eigenvalue weighted by Crippen LogP contribution is 2.69. The van der Waals surface area contributed by atoms with Crippen molar-refractivity contribution in [3.63, 3.8) is 0 Å². The van der Waals surface area contributed by atoms with Crippen LogP contribution in [0.1, 0.15) is 65.2 Å². The van der Waals surface area contributed by atoms with Crippen molar-refractivity contribution in [1.29, 1.82) is 0 Å². The zero-order valence-corrected chi connectivity index (χ0v) is 18.1. The van der Waals surface area contributed by atoms with Crippen molar-refractivity contribution in [2.75, 3.05) is 13.7 Å². The van der Waals surface area contributed by atoms with E-state index in [9.17, 15) is 15.0 Å². The van der Waals surface area contributed by atoms with Crippen molar-refractivity contribution in [3.05, 3.63) is 11.6 Å². The number of esters is 1. The van der Waals surface area contributed by atoms with Crippen LogP contribution in [0.15, 0.2) is 11.6 Å². The molecule has 5 rings (SSSR count). The summed E-state index contributed by atoms with van der Waals surface area (Å²) < 4.78 is 5.18. The number of hydrogen-bond donors (Lipinski definition) is 3. The smallest absolute Gasteiger partial charge is 0.331 e. The minimum absolute atomic E-state index is 0.0282. The summed E-state index contributed by atoms with van der Waals surface area (Å²) in [6.07, 6.45) is 9.22. The standard InChI is InChI=1S/C24H37NO4/c1-22-8-6-16(25-3)11-15(22)4-5-18-19(22)12-20(26)23(2)17(7-9-24(18,23)28)14-10-21(27)29-13-14/h10,15-20,25-26,28H,4-9,11-13H2,1-3H3. The molecule has 9 atom stereocenters. The summed E-state index contributed by atoms with van der Waals surface area (Å²) in [5, 5.41) is 27.2. The average Bonchev–Trinajstić information content (AvgIpc) is 3.24. The lowest BCUT2D eigenvalue weighted by atomic mass is 9.42. The van der Waals surface area contributed by atoms with Gasteiger partial charge in [0.1, 0.15) is 6.61 Å². The summed E-state index contributed by atoms with van der Waals surface area (Å²) in [6.45, 7) is 4.85. The van der Waals surface area contributed by atoms with E-state index in [0.717, 1.165) is 31.3 Å². The number of hydrogen-bond acceptors (Lipinski definition) is 5. The second-order valence-corrected chi connectivity index (χ2v) is 11.1. The quantitative estimate of drug-likeness (QED) is 0.618. The molecule has 3 N–H and O–H groups in total. The van der Waals surface area contributed by atoms with Crippen molar-refractivity contribution in [3.8, 4) is 0 Å². The Labute approximate surface area is 174 Å². The van der Waals surface area contributed by atoms with Gasteiger partial charge >= 0.3 is 5.97 Å². The molecule has 0 aromatic rings. The highest BCUT2D eigenvalue weighted by Gasteiger charge is 2.70. The number of rotatable bonds is 2. The van der Waals surface area contributed by atoms with Crippen molar-refractivity contribution in [2.45, 2.75) is 83.0 Å². The fourth-order valence-corrected chi connectivity index (χ4v) is 8.65. The third kappa shape index (κ3) is 2.53. The van der Waals surface area contributed by atoms with E-state index < -0.39 is 17.1 Å². The van der Waals surface area contributed by atoms with Gasteiger partial charge in [-0.15, -0.1) is 0 Å². The second-order valence-electron chi connectivity index (χ2n) is 11.1. The van der Waals surface area contributed by atoms with Crippen LogP contribution in [0.5, 0.6) is 0 Å². The predicted molar refractivity (Wildman–Crippen MR) is 110 cm³/mol. The molecule has 0 amide bonds. The molecular formula is C24H37NO4. The maximum absolute atomic E-state index is 12.2. The number of ether oxygens (including phenoxy) is 1. The second kappa shape index (κ2) is 6.54. The van der Waals surface area contributed by atoms with E-state index in [-0.39, 0.29) is 23.2 Å². The molecule has 0 saturated heterocycles. The van der Waals surface area contributed by atoms with E-state index in [0.29, 0.717) is 24.5 Å². The van der Waals surface area contributed by atoms with E-state index in [2.05, 4.69) is 26.2 Å². The van der Waals surface area contributed by atoms with Gasteiger partial charge in [0.2, 0.25) is 0 Å². The molecule has 0 spiro atoms. The molecule has 1 heterocycles. The SMILES string of the molecule is CNC1CCC2(C)C(CCC3C2CC(O)C2(C)C(C4=CC(=O)OC4)CCC32O)C1. The maximum Gasteiger partial charge on any atom is 0.331 e. The molecule has 162 valence electrons. The van der Waals surface area contributed by atoms with Crippen molar-refractivity contribution >= 4 is 5.97 Å². The first kappa shape index (κ1) is 20.0. The summed E-state index contributed by atoms with van der Waals surface area (Å²) in [6, 6.07) is 0.606. The normalized spacial score (nSPS) is 54.2. The molecule has 0 aromatic heterocycles. The number of aliphatic hydroxyl groups excluding tert-OH is 1. The number of nitrogens with one attached hydrogen (secondary N) is 1. The Morgan fingerprint density at radius 2 is 1.90 bits per heavy atom. The van der Waals surface area contributed by atoms with E-state index in [1.54, 1.807) is 6.08 Å². The number of fused-ring (bicyclic) bond motifs is 5. The topological polar surface area (TPSA) is 78.8 Å². The van der Waals surface area contributed by atoms with Crippen LogP contribution in [0.3, 0.4) is 0 Å². The van der Waals surface area contributed by atoms with Gasteiger partial charge in [-0.3, -0.25) is 0 Å². The fraction of sp³-hybridized carbons (Fsp3) is 0.875. The molecular weight excluding hydrogens is 366 g/mol. The van der Waals surface area contributed by atoms with Gasteiger partial charge in [-0.05, 0) is 93.1 Å². The van der Waals surface area contributed by atoms with Crippen LogP contribution >= 0.6 is 0 Å². The molecule has 0 aromatic carbocycles. The Hall–Kier alpha value is -0.910. The Morgan fingerprint density at radius 3 is 2.59 bits per heavy atom. The summed E-state index contributed by atoms with van der Waals surface area (Å²) in [7, 11) is 2.07. The summed E-state index contributed by atoms with van der Waals surface area (Å²) in [5.41, 5.74) is -0.280. The van der Waals surface area contributed by atoms with Crippen LogP contribution in [-0.4, -0.2) is 47.6 Å². The fourth-order valence-electron chi connectivity index (χ4n) is 8.65. The number of cyclic esters (lactones) is 1. The van der Waals surface area contributed by atoms with Crippen LogP contribution < -0.4 is 5.32 Å². The molecule has 0 bridgehead atoms. The monoisotopic (exact) mass is 403 g/mol. The van der Waals surface area contributed by atoms with E-state index in [1.165, 1.54) is 25.7 Å². The van der Waals surface area contributed by atoms with Crippen LogP contribution in [0.2, 0.25) is 0 Å². The molecule has 5 nitrogen and oxygen atoms in total. The minimum atomic E-state index is -0.861.